The summed E-state index contributed by atoms with van der Waals surface area (Å²) in [5.74, 6) is 1.97. The van der Waals surface area contributed by atoms with Gasteiger partial charge in [-0.05, 0) is 43.9 Å². The number of fused-ring (bicyclic) bond motifs is 1. The Bertz CT molecular complexity index is 396. The van der Waals surface area contributed by atoms with Crippen LogP contribution in [-0.2, 0) is 9.59 Å². The lowest BCUT2D eigenvalue weighted by molar-refractivity contribution is -0.131. The molecule has 1 heterocycles. The lowest BCUT2D eigenvalue weighted by Gasteiger charge is -2.23. The van der Waals surface area contributed by atoms with E-state index in [1.807, 2.05) is 4.90 Å². The molecule has 1 aliphatic heterocycles. The maximum absolute atomic E-state index is 12.2. The van der Waals surface area contributed by atoms with Gasteiger partial charge in [-0.2, -0.15) is 0 Å². The van der Waals surface area contributed by atoms with Gasteiger partial charge in [0.05, 0.1) is 0 Å². The number of nitrogens with zero attached hydrogens (tertiary/aromatic N) is 1. The van der Waals surface area contributed by atoms with E-state index in [9.17, 15) is 9.59 Å². The monoisotopic (exact) mass is 292 g/mol. The molecule has 0 bridgehead atoms. The van der Waals surface area contributed by atoms with Crippen LogP contribution >= 0.6 is 0 Å². The molecule has 4 heteroatoms. The Morgan fingerprint density at radius 3 is 2.90 bits per heavy atom. The third kappa shape index (κ3) is 3.58. The largest absolute Gasteiger partial charge is 0.353 e. The molecule has 0 aromatic rings. The van der Waals surface area contributed by atoms with Gasteiger partial charge in [-0.3, -0.25) is 9.59 Å². The molecular weight excluding hydrogens is 264 g/mol. The molecule has 3 atom stereocenters. The SMILES string of the molecule is O=C(CCN1CCCCCC1=O)NC1CCC2CCCC21. The maximum Gasteiger partial charge on any atom is 0.222 e. The van der Waals surface area contributed by atoms with Gasteiger partial charge in [-0.15, -0.1) is 0 Å². The van der Waals surface area contributed by atoms with Gasteiger partial charge in [0, 0.05) is 32.0 Å². The minimum absolute atomic E-state index is 0.143. The third-order valence-electron chi connectivity index (χ3n) is 5.71. The fourth-order valence-electron chi connectivity index (χ4n) is 4.53. The van der Waals surface area contributed by atoms with Crippen LogP contribution in [0.1, 0.15) is 64.2 Å². The second-order valence-electron chi connectivity index (χ2n) is 7.05. The van der Waals surface area contributed by atoms with Crippen molar-refractivity contribution in [3.05, 3.63) is 0 Å². The van der Waals surface area contributed by atoms with Crippen LogP contribution in [-0.4, -0.2) is 35.8 Å². The van der Waals surface area contributed by atoms with Crippen LogP contribution in [0.3, 0.4) is 0 Å². The van der Waals surface area contributed by atoms with E-state index in [0.717, 1.165) is 44.1 Å². The van der Waals surface area contributed by atoms with E-state index >= 15 is 0 Å². The molecule has 2 aliphatic carbocycles. The Labute approximate surface area is 127 Å². The third-order valence-corrected chi connectivity index (χ3v) is 5.71. The van der Waals surface area contributed by atoms with Crippen LogP contribution in [0.25, 0.3) is 0 Å². The van der Waals surface area contributed by atoms with Gasteiger partial charge >= 0.3 is 0 Å². The van der Waals surface area contributed by atoms with Gasteiger partial charge in [-0.25, -0.2) is 0 Å². The summed E-state index contributed by atoms with van der Waals surface area (Å²) in [6.45, 7) is 1.44. The second-order valence-corrected chi connectivity index (χ2v) is 7.05. The summed E-state index contributed by atoms with van der Waals surface area (Å²) < 4.78 is 0. The quantitative estimate of drug-likeness (QED) is 0.865. The van der Waals surface area contributed by atoms with E-state index in [1.165, 1.54) is 25.7 Å². The van der Waals surface area contributed by atoms with Crippen LogP contribution in [0.2, 0.25) is 0 Å². The van der Waals surface area contributed by atoms with E-state index in [2.05, 4.69) is 5.32 Å². The first kappa shape index (κ1) is 14.9. The van der Waals surface area contributed by atoms with Crippen molar-refractivity contribution in [1.82, 2.24) is 10.2 Å². The lowest BCUT2D eigenvalue weighted by Crippen LogP contribution is -2.40. The molecule has 2 saturated carbocycles. The number of hydrogen-bond donors (Lipinski definition) is 1. The van der Waals surface area contributed by atoms with Crippen LogP contribution in [0.4, 0.5) is 0 Å². The van der Waals surface area contributed by atoms with Crippen molar-refractivity contribution in [1.29, 1.82) is 0 Å². The second kappa shape index (κ2) is 6.80. The summed E-state index contributed by atoms with van der Waals surface area (Å²) in [5.41, 5.74) is 0. The van der Waals surface area contributed by atoms with Gasteiger partial charge in [0.25, 0.3) is 0 Å². The molecule has 21 heavy (non-hydrogen) atoms. The molecule has 0 spiro atoms. The number of nitrogens with one attached hydrogen (secondary N) is 1. The average molecular weight is 292 g/mol. The summed E-state index contributed by atoms with van der Waals surface area (Å²) in [7, 11) is 0. The molecule has 0 aromatic carbocycles. The molecular formula is C17H28N2O2. The van der Waals surface area contributed by atoms with Gasteiger partial charge in [0.2, 0.25) is 11.8 Å². The summed E-state index contributed by atoms with van der Waals surface area (Å²) >= 11 is 0. The van der Waals surface area contributed by atoms with Crippen LogP contribution in [0.5, 0.6) is 0 Å². The number of hydrogen-bond acceptors (Lipinski definition) is 2. The molecule has 3 fully saturated rings. The van der Waals surface area contributed by atoms with Crippen molar-refractivity contribution in [3.63, 3.8) is 0 Å². The highest BCUT2D eigenvalue weighted by molar-refractivity contribution is 5.79. The molecule has 3 aliphatic rings. The zero-order valence-electron chi connectivity index (χ0n) is 13.0. The predicted octanol–water partition coefficient (Wildman–Crippen LogP) is 2.47. The first-order valence-electron chi connectivity index (χ1n) is 8.81. The van der Waals surface area contributed by atoms with Crippen molar-refractivity contribution in [2.45, 2.75) is 70.3 Å². The van der Waals surface area contributed by atoms with Gasteiger partial charge in [-0.1, -0.05) is 19.3 Å². The number of rotatable bonds is 4. The smallest absolute Gasteiger partial charge is 0.222 e. The highest BCUT2D eigenvalue weighted by Crippen LogP contribution is 2.43. The topological polar surface area (TPSA) is 49.4 Å². The Morgan fingerprint density at radius 1 is 1.10 bits per heavy atom. The van der Waals surface area contributed by atoms with Crippen LogP contribution in [0.15, 0.2) is 0 Å². The number of likely N-dealkylation sites (tertiary alicyclic amines) is 1. The van der Waals surface area contributed by atoms with Gasteiger partial charge in [0.1, 0.15) is 0 Å². The van der Waals surface area contributed by atoms with Crippen molar-refractivity contribution >= 4 is 11.8 Å². The highest BCUT2D eigenvalue weighted by atomic mass is 16.2. The fraction of sp³-hybridized carbons (Fsp3) is 0.882. The first-order chi connectivity index (χ1) is 10.2. The van der Waals surface area contributed by atoms with Crippen molar-refractivity contribution < 1.29 is 9.59 Å². The molecule has 3 unspecified atom stereocenters. The normalized spacial score (nSPS) is 32.9. The van der Waals surface area contributed by atoms with E-state index < -0.39 is 0 Å². The lowest BCUT2D eigenvalue weighted by atomic mass is 9.97. The Morgan fingerprint density at radius 2 is 2.00 bits per heavy atom. The Hall–Kier alpha value is -1.06. The van der Waals surface area contributed by atoms with Crippen molar-refractivity contribution in [2.75, 3.05) is 13.1 Å². The molecule has 1 saturated heterocycles. The molecule has 1 N–H and O–H groups in total. The van der Waals surface area contributed by atoms with Crippen LogP contribution in [0, 0.1) is 11.8 Å². The number of carbonyl (C=O) groups excluding carboxylic acids is 2. The van der Waals surface area contributed by atoms with E-state index in [0.29, 0.717) is 25.4 Å². The molecule has 0 radical (unpaired) electrons. The standard InChI is InChI=1S/C17H28N2O2/c20-16(10-12-19-11-3-1-2-7-17(19)21)18-15-9-8-13-5-4-6-14(13)15/h13-15H,1-12H2,(H,18,20). The summed E-state index contributed by atoms with van der Waals surface area (Å²) in [6, 6.07) is 0.407. The first-order valence-corrected chi connectivity index (χ1v) is 8.81. The van der Waals surface area contributed by atoms with Crippen molar-refractivity contribution in [3.8, 4) is 0 Å². The maximum atomic E-state index is 12.2. The Balaban J connectivity index is 1.43. The number of amides is 2. The average Bonchev–Trinajstić information content (AvgIpc) is 3.01. The van der Waals surface area contributed by atoms with Crippen LogP contribution < -0.4 is 5.32 Å². The molecule has 4 nitrogen and oxygen atoms in total. The zero-order chi connectivity index (χ0) is 14.7. The zero-order valence-corrected chi connectivity index (χ0v) is 13.0. The van der Waals surface area contributed by atoms with Gasteiger partial charge in [0.15, 0.2) is 0 Å². The van der Waals surface area contributed by atoms with Gasteiger partial charge < -0.3 is 10.2 Å². The van der Waals surface area contributed by atoms with Crippen molar-refractivity contribution in [2.24, 2.45) is 11.8 Å². The number of carbonyl (C=O) groups is 2. The minimum atomic E-state index is 0.143. The predicted molar refractivity (Wildman–Crippen MR) is 81.7 cm³/mol. The molecule has 0 aromatic heterocycles. The highest BCUT2D eigenvalue weighted by Gasteiger charge is 2.39. The Kier molecular flexibility index (Phi) is 4.81. The molecule has 118 valence electrons. The summed E-state index contributed by atoms with van der Waals surface area (Å²) in [4.78, 5) is 26.0. The summed E-state index contributed by atoms with van der Waals surface area (Å²) in [6.07, 6.45) is 10.8. The molecule has 3 rings (SSSR count). The minimum Gasteiger partial charge on any atom is -0.353 e. The fourth-order valence-corrected chi connectivity index (χ4v) is 4.53. The summed E-state index contributed by atoms with van der Waals surface area (Å²) in [5, 5.41) is 3.24. The van der Waals surface area contributed by atoms with E-state index in [4.69, 9.17) is 0 Å². The van der Waals surface area contributed by atoms with E-state index in [1.54, 1.807) is 0 Å². The molecule has 2 amide bonds. The van der Waals surface area contributed by atoms with E-state index in [-0.39, 0.29) is 11.8 Å².